The molecular weight excluding hydrogens is 524 g/mol. The molecule has 2 aromatic carbocycles. The number of thiophene rings is 1. The summed E-state index contributed by atoms with van der Waals surface area (Å²) >= 11 is 1.48. The number of hydrogen-bond acceptors (Lipinski definition) is 7. The van der Waals surface area contributed by atoms with Gasteiger partial charge < -0.3 is 5.32 Å². The molecule has 0 aliphatic heterocycles. The summed E-state index contributed by atoms with van der Waals surface area (Å²) in [5, 5.41) is 9.33. The second-order valence-electron chi connectivity index (χ2n) is 8.39. The first kappa shape index (κ1) is 25.3. The number of anilines is 1. The smallest absolute Gasteiger partial charge is 0.256 e. The van der Waals surface area contributed by atoms with Crippen molar-refractivity contribution >= 4 is 33.1 Å². The summed E-state index contributed by atoms with van der Waals surface area (Å²) in [6.07, 6.45) is 0. The molecule has 2 N–H and O–H groups in total. The SMILES string of the molecule is CN(C)S(=O)(=O)c1ccc(C(=O)Nc2cc(-c3cccs3)nn2-c2nc(-c3ccccc3)cc(=O)[nH]2)cc1. The molecule has 0 bridgehead atoms. The first-order valence-corrected chi connectivity index (χ1v) is 13.7. The van der Waals surface area contributed by atoms with Gasteiger partial charge in [-0.25, -0.2) is 17.7 Å². The number of sulfonamides is 1. The van der Waals surface area contributed by atoms with E-state index in [0.29, 0.717) is 11.4 Å². The molecule has 0 saturated heterocycles. The van der Waals surface area contributed by atoms with E-state index in [9.17, 15) is 18.0 Å². The molecule has 0 aliphatic carbocycles. The Balaban J connectivity index is 1.53. The lowest BCUT2D eigenvalue weighted by Gasteiger charge is -2.12. The average molecular weight is 547 g/mol. The van der Waals surface area contributed by atoms with E-state index >= 15 is 0 Å². The van der Waals surface area contributed by atoms with Crippen molar-refractivity contribution in [3.63, 3.8) is 0 Å². The monoisotopic (exact) mass is 546 g/mol. The van der Waals surface area contributed by atoms with E-state index in [1.54, 1.807) is 6.07 Å². The van der Waals surface area contributed by atoms with Gasteiger partial charge in [-0.2, -0.15) is 9.78 Å². The molecule has 0 radical (unpaired) electrons. The molecule has 0 fully saturated rings. The number of amides is 1. The van der Waals surface area contributed by atoms with Crippen molar-refractivity contribution in [2.45, 2.75) is 4.90 Å². The maximum Gasteiger partial charge on any atom is 0.256 e. The van der Waals surface area contributed by atoms with Crippen LogP contribution in [-0.2, 0) is 10.0 Å². The third-order valence-corrected chi connectivity index (χ3v) is 8.34. The van der Waals surface area contributed by atoms with E-state index in [0.717, 1.165) is 14.7 Å². The Morgan fingerprint density at radius 3 is 2.37 bits per heavy atom. The zero-order chi connectivity index (χ0) is 26.9. The van der Waals surface area contributed by atoms with Gasteiger partial charge in [-0.1, -0.05) is 36.4 Å². The number of nitrogens with one attached hydrogen (secondary N) is 2. The summed E-state index contributed by atoms with van der Waals surface area (Å²) in [6.45, 7) is 0. The minimum atomic E-state index is -3.63. The van der Waals surface area contributed by atoms with Crippen LogP contribution in [0.15, 0.2) is 93.9 Å². The number of carbonyl (C=O) groups is 1. The minimum Gasteiger partial charge on any atom is -0.306 e. The zero-order valence-corrected chi connectivity index (χ0v) is 22.0. The fourth-order valence-electron chi connectivity index (χ4n) is 3.66. The Hall–Kier alpha value is -4.39. The predicted molar refractivity (Wildman–Crippen MR) is 146 cm³/mol. The third-order valence-electron chi connectivity index (χ3n) is 5.62. The van der Waals surface area contributed by atoms with E-state index in [1.165, 1.54) is 60.4 Å². The summed E-state index contributed by atoms with van der Waals surface area (Å²) in [5.41, 5.74) is 1.65. The number of hydrogen-bond donors (Lipinski definition) is 2. The largest absolute Gasteiger partial charge is 0.306 e. The molecule has 5 rings (SSSR count). The number of aromatic nitrogens is 4. The highest BCUT2D eigenvalue weighted by molar-refractivity contribution is 7.89. The molecule has 38 heavy (non-hydrogen) atoms. The highest BCUT2D eigenvalue weighted by Gasteiger charge is 2.20. The first-order valence-electron chi connectivity index (χ1n) is 11.4. The highest BCUT2D eigenvalue weighted by Crippen LogP contribution is 2.28. The molecule has 0 saturated carbocycles. The molecule has 0 atom stereocenters. The van der Waals surface area contributed by atoms with Crippen LogP contribution in [0.4, 0.5) is 5.82 Å². The maximum absolute atomic E-state index is 13.1. The molecule has 0 unspecified atom stereocenters. The lowest BCUT2D eigenvalue weighted by molar-refractivity contribution is 0.102. The van der Waals surface area contributed by atoms with E-state index in [1.807, 2.05) is 47.8 Å². The van der Waals surface area contributed by atoms with Gasteiger partial charge in [0.1, 0.15) is 11.5 Å². The number of nitrogens with zero attached hydrogens (tertiary/aromatic N) is 4. The molecule has 5 aromatic rings. The number of aromatic amines is 1. The summed E-state index contributed by atoms with van der Waals surface area (Å²) in [7, 11) is -0.751. The van der Waals surface area contributed by atoms with Crippen LogP contribution in [0.3, 0.4) is 0 Å². The van der Waals surface area contributed by atoms with E-state index in [4.69, 9.17) is 0 Å². The van der Waals surface area contributed by atoms with Crippen LogP contribution in [0, 0.1) is 0 Å². The van der Waals surface area contributed by atoms with Gasteiger partial charge in [-0.15, -0.1) is 11.3 Å². The molecule has 192 valence electrons. The third kappa shape index (κ3) is 5.05. The predicted octanol–water partition coefficient (Wildman–Crippen LogP) is 3.85. The lowest BCUT2D eigenvalue weighted by Crippen LogP contribution is -2.22. The fourth-order valence-corrected chi connectivity index (χ4v) is 5.24. The van der Waals surface area contributed by atoms with Crippen molar-refractivity contribution in [2.24, 2.45) is 0 Å². The maximum atomic E-state index is 13.1. The first-order chi connectivity index (χ1) is 18.2. The van der Waals surface area contributed by atoms with Crippen LogP contribution in [-0.4, -0.2) is 52.5 Å². The van der Waals surface area contributed by atoms with Crippen molar-refractivity contribution < 1.29 is 13.2 Å². The molecule has 12 heteroatoms. The van der Waals surface area contributed by atoms with Crippen LogP contribution in [0.2, 0.25) is 0 Å². The van der Waals surface area contributed by atoms with Crippen molar-refractivity contribution in [1.82, 2.24) is 24.1 Å². The Morgan fingerprint density at radius 1 is 0.974 bits per heavy atom. The quantitative estimate of drug-likeness (QED) is 0.319. The van der Waals surface area contributed by atoms with Gasteiger partial charge in [0.15, 0.2) is 0 Å². The topological polar surface area (TPSA) is 130 Å². The summed E-state index contributed by atoms with van der Waals surface area (Å²) in [5.74, 6) is -0.0853. The number of rotatable bonds is 7. The van der Waals surface area contributed by atoms with Crippen LogP contribution in [0.5, 0.6) is 0 Å². The number of H-pyrrole nitrogens is 1. The van der Waals surface area contributed by atoms with Gasteiger partial charge in [-0.05, 0) is 35.7 Å². The average Bonchev–Trinajstić information content (AvgIpc) is 3.59. The molecule has 1 amide bonds. The van der Waals surface area contributed by atoms with Crippen LogP contribution < -0.4 is 10.9 Å². The summed E-state index contributed by atoms with van der Waals surface area (Å²) in [4.78, 5) is 33.9. The van der Waals surface area contributed by atoms with E-state index < -0.39 is 15.9 Å². The summed E-state index contributed by atoms with van der Waals surface area (Å²) in [6, 6.07) is 21.7. The van der Waals surface area contributed by atoms with Crippen LogP contribution >= 0.6 is 11.3 Å². The molecular formula is C26H22N6O4S2. The normalized spacial score (nSPS) is 11.6. The number of carbonyl (C=O) groups excluding carboxylic acids is 1. The van der Waals surface area contributed by atoms with Crippen molar-refractivity contribution in [2.75, 3.05) is 19.4 Å². The molecule has 3 heterocycles. The minimum absolute atomic E-state index is 0.0728. The lowest BCUT2D eigenvalue weighted by atomic mass is 10.1. The van der Waals surface area contributed by atoms with Gasteiger partial charge in [0.25, 0.3) is 11.5 Å². The van der Waals surface area contributed by atoms with Crippen molar-refractivity contribution in [3.05, 3.63) is 100 Å². The van der Waals surface area contributed by atoms with Gasteiger partial charge in [-0.3, -0.25) is 14.6 Å². The Bertz CT molecular complexity index is 1760. The van der Waals surface area contributed by atoms with E-state index in [2.05, 4.69) is 20.4 Å². The van der Waals surface area contributed by atoms with Gasteiger partial charge in [0.05, 0.1) is 15.5 Å². The van der Waals surface area contributed by atoms with Gasteiger partial charge >= 0.3 is 0 Å². The van der Waals surface area contributed by atoms with E-state index in [-0.39, 0.29) is 27.8 Å². The second kappa shape index (κ2) is 10.2. The standard InChI is InChI=1S/C26H22N6O4S2/c1-31(2)38(35,36)19-12-10-18(11-13-19)25(34)28-23-15-21(22-9-6-14-37-22)30-32(23)26-27-20(16-24(33)29-26)17-7-4-3-5-8-17/h3-16H,1-2H3,(H,28,34)(H,27,29,33). The number of benzene rings is 2. The summed E-state index contributed by atoms with van der Waals surface area (Å²) < 4.78 is 27.2. The van der Waals surface area contributed by atoms with Crippen LogP contribution in [0.25, 0.3) is 27.8 Å². The molecule has 0 aliphatic rings. The van der Waals surface area contributed by atoms with Gasteiger partial charge in [0.2, 0.25) is 16.0 Å². The van der Waals surface area contributed by atoms with Crippen LogP contribution in [0.1, 0.15) is 10.4 Å². The zero-order valence-electron chi connectivity index (χ0n) is 20.3. The Morgan fingerprint density at radius 2 is 1.71 bits per heavy atom. The molecule has 10 nitrogen and oxygen atoms in total. The van der Waals surface area contributed by atoms with Gasteiger partial charge in [0, 0.05) is 37.4 Å². The second-order valence-corrected chi connectivity index (χ2v) is 11.5. The highest BCUT2D eigenvalue weighted by atomic mass is 32.2. The van der Waals surface area contributed by atoms with Crippen molar-refractivity contribution in [1.29, 1.82) is 0 Å². The fraction of sp³-hybridized carbons (Fsp3) is 0.0769. The molecule has 0 spiro atoms. The Labute approximate surface area is 222 Å². The Kier molecular flexibility index (Phi) is 6.76. The molecule has 3 aromatic heterocycles. The van der Waals surface area contributed by atoms with Crippen molar-refractivity contribution in [3.8, 4) is 27.8 Å².